The molecule has 0 aromatic carbocycles. The van der Waals surface area contributed by atoms with Gasteiger partial charge in [0.2, 0.25) is 0 Å². The minimum absolute atomic E-state index is 0.497. The number of aromatic carboxylic acids is 1. The van der Waals surface area contributed by atoms with Crippen molar-refractivity contribution >= 4 is 33.2 Å². The van der Waals surface area contributed by atoms with Gasteiger partial charge in [-0.1, -0.05) is 6.92 Å². The van der Waals surface area contributed by atoms with E-state index in [0.717, 1.165) is 28.6 Å². The number of halogens is 1. The lowest BCUT2D eigenvalue weighted by molar-refractivity contribution is 0.0695. The summed E-state index contributed by atoms with van der Waals surface area (Å²) in [6, 6.07) is 0. The maximum Gasteiger partial charge on any atom is 0.338 e. The minimum Gasteiger partial charge on any atom is -0.478 e. The summed E-state index contributed by atoms with van der Waals surface area (Å²) in [5.41, 5.74) is 1.56. The Bertz CT molecular complexity index is 384. The molecule has 4 heteroatoms. The molecule has 76 valence electrons. The van der Waals surface area contributed by atoms with E-state index in [0.29, 0.717) is 11.5 Å². The minimum atomic E-state index is -0.802. The normalized spacial score (nSPS) is 20.6. The fraction of sp³-hybridized carbons (Fsp3) is 0.500. The average molecular weight is 275 g/mol. The highest BCUT2D eigenvalue weighted by molar-refractivity contribution is 9.11. The first-order valence-electron chi connectivity index (χ1n) is 4.63. The van der Waals surface area contributed by atoms with Gasteiger partial charge in [0, 0.05) is 4.88 Å². The molecule has 0 amide bonds. The molecule has 1 aromatic rings. The predicted octanol–water partition coefficient (Wildman–Crippen LogP) is 3.33. The molecule has 1 aliphatic rings. The van der Waals surface area contributed by atoms with Gasteiger partial charge in [0.1, 0.15) is 0 Å². The topological polar surface area (TPSA) is 37.3 Å². The van der Waals surface area contributed by atoms with Gasteiger partial charge in [-0.15, -0.1) is 11.3 Å². The van der Waals surface area contributed by atoms with Crippen LogP contribution in [0.1, 0.15) is 34.1 Å². The summed E-state index contributed by atoms with van der Waals surface area (Å²) in [5, 5.41) is 9.05. The van der Waals surface area contributed by atoms with Gasteiger partial charge in [0.15, 0.2) is 0 Å². The molecule has 0 fully saturated rings. The van der Waals surface area contributed by atoms with Crippen molar-refractivity contribution < 1.29 is 9.90 Å². The van der Waals surface area contributed by atoms with E-state index in [2.05, 4.69) is 22.9 Å². The predicted molar refractivity (Wildman–Crippen MR) is 60.2 cm³/mol. The molecule has 0 spiro atoms. The Balaban J connectivity index is 2.49. The summed E-state index contributed by atoms with van der Waals surface area (Å²) in [6.45, 7) is 2.22. The van der Waals surface area contributed by atoms with Gasteiger partial charge >= 0.3 is 5.97 Å². The second-order valence-corrected chi connectivity index (χ2v) is 6.23. The lowest BCUT2D eigenvalue weighted by atomic mass is 9.89. The molecule has 2 nitrogen and oxygen atoms in total. The van der Waals surface area contributed by atoms with Gasteiger partial charge in [-0.3, -0.25) is 0 Å². The van der Waals surface area contributed by atoms with Crippen molar-refractivity contribution in [1.82, 2.24) is 0 Å². The lowest BCUT2D eigenvalue weighted by Crippen LogP contribution is -2.11. The third-order valence-corrected chi connectivity index (χ3v) is 4.61. The van der Waals surface area contributed by atoms with Crippen LogP contribution in [-0.4, -0.2) is 11.1 Å². The van der Waals surface area contributed by atoms with Gasteiger partial charge < -0.3 is 5.11 Å². The molecule has 1 heterocycles. The van der Waals surface area contributed by atoms with Crippen molar-refractivity contribution in [3.05, 3.63) is 19.8 Å². The van der Waals surface area contributed by atoms with Gasteiger partial charge in [0.25, 0.3) is 0 Å². The molecule has 1 aromatic heterocycles. The second-order valence-electron chi connectivity index (χ2n) is 3.81. The number of rotatable bonds is 1. The zero-order valence-corrected chi connectivity index (χ0v) is 10.2. The molecule has 0 saturated heterocycles. The first-order chi connectivity index (χ1) is 6.59. The fourth-order valence-corrected chi connectivity index (χ4v) is 4.15. The van der Waals surface area contributed by atoms with E-state index in [1.165, 1.54) is 4.88 Å². The highest BCUT2D eigenvalue weighted by Crippen LogP contribution is 2.39. The second kappa shape index (κ2) is 3.66. The molecule has 0 radical (unpaired) electrons. The Kier molecular flexibility index (Phi) is 2.66. The molecular formula is C10H11BrO2S. The standard InChI is InChI=1S/C10H11BrO2S/c1-5-2-3-6-7(4-5)14-9(11)8(6)10(12)13/h5H,2-4H2,1H3,(H,12,13). The SMILES string of the molecule is CC1CCc2c(sc(Br)c2C(=O)O)C1. The van der Waals surface area contributed by atoms with Gasteiger partial charge in [-0.25, -0.2) is 4.79 Å². The monoisotopic (exact) mass is 274 g/mol. The van der Waals surface area contributed by atoms with Crippen LogP contribution < -0.4 is 0 Å². The molecule has 0 aliphatic heterocycles. The summed E-state index contributed by atoms with van der Waals surface area (Å²) in [5.74, 6) is -0.112. The quantitative estimate of drug-likeness (QED) is 0.853. The third kappa shape index (κ3) is 1.61. The molecule has 2 rings (SSSR count). The summed E-state index contributed by atoms with van der Waals surface area (Å²) in [4.78, 5) is 12.3. The van der Waals surface area contributed by atoms with Crippen LogP contribution >= 0.6 is 27.3 Å². The molecular weight excluding hydrogens is 264 g/mol. The fourth-order valence-electron chi connectivity index (χ4n) is 1.93. The molecule has 0 saturated carbocycles. The summed E-state index contributed by atoms with van der Waals surface area (Å²) >= 11 is 4.92. The van der Waals surface area contributed by atoms with Gasteiger partial charge in [-0.2, -0.15) is 0 Å². The maximum atomic E-state index is 11.0. The van der Waals surface area contributed by atoms with E-state index in [1.807, 2.05) is 0 Å². The number of hydrogen-bond donors (Lipinski definition) is 1. The van der Waals surface area contributed by atoms with Crippen molar-refractivity contribution in [3.63, 3.8) is 0 Å². The molecule has 14 heavy (non-hydrogen) atoms. The zero-order chi connectivity index (χ0) is 10.3. The highest BCUT2D eigenvalue weighted by Gasteiger charge is 2.25. The Hall–Kier alpha value is -0.350. The van der Waals surface area contributed by atoms with Crippen molar-refractivity contribution in [2.24, 2.45) is 5.92 Å². The first-order valence-corrected chi connectivity index (χ1v) is 6.24. The molecule has 1 aliphatic carbocycles. The number of carboxylic acid groups (broad SMARTS) is 1. The van der Waals surface area contributed by atoms with Crippen LogP contribution in [-0.2, 0) is 12.8 Å². The van der Waals surface area contributed by atoms with Crippen LogP contribution in [0, 0.1) is 5.92 Å². The van der Waals surface area contributed by atoms with E-state index in [-0.39, 0.29) is 0 Å². The first kappa shape index (κ1) is 10.2. The number of hydrogen-bond acceptors (Lipinski definition) is 2. The highest BCUT2D eigenvalue weighted by atomic mass is 79.9. The van der Waals surface area contributed by atoms with Crippen LogP contribution in [0.4, 0.5) is 0 Å². The van der Waals surface area contributed by atoms with Crippen LogP contribution in [0.3, 0.4) is 0 Å². The molecule has 1 N–H and O–H groups in total. The lowest BCUT2D eigenvalue weighted by Gasteiger charge is -2.17. The van der Waals surface area contributed by atoms with E-state index < -0.39 is 5.97 Å². The summed E-state index contributed by atoms with van der Waals surface area (Å²) < 4.78 is 0.782. The number of fused-ring (bicyclic) bond motifs is 1. The van der Waals surface area contributed by atoms with E-state index >= 15 is 0 Å². The number of carbonyl (C=O) groups is 1. The largest absolute Gasteiger partial charge is 0.478 e. The van der Waals surface area contributed by atoms with Crippen LogP contribution in [0.25, 0.3) is 0 Å². The van der Waals surface area contributed by atoms with Crippen molar-refractivity contribution in [2.75, 3.05) is 0 Å². The Morgan fingerprint density at radius 2 is 2.36 bits per heavy atom. The smallest absolute Gasteiger partial charge is 0.338 e. The van der Waals surface area contributed by atoms with Gasteiger partial charge in [0.05, 0.1) is 9.35 Å². The van der Waals surface area contributed by atoms with E-state index in [4.69, 9.17) is 5.11 Å². The van der Waals surface area contributed by atoms with E-state index in [9.17, 15) is 4.79 Å². The van der Waals surface area contributed by atoms with Gasteiger partial charge in [-0.05, 0) is 46.7 Å². The van der Waals surface area contributed by atoms with Crippen molar-refractivity contribution in [2.45, 2.75) is 26.2 Å². The number of thiophene rings is 1. The van der Waals surface area contributed by atoms with Crippen molar-refractivity contribution in [1.29, 1.82) is 0 Å². The zero-order valence-electron chi connectivity index (χ0n) is 7.84. The average Bonchev–Trinajstić information content (AvgIpc) is 2.39. The molecule has 1 atom stereocenters. The Morgan fingerprint density at radius 3 is 3.00 bits per heavy atom. The van der Waals surface area contributed by atoms with Crippen molar-refractivity contribution in [3.8, 4) is 0 Å². The Labute approximate surface area is 95.1 Å². The summed E-state index contributed by atoms with van der Waals surface area (Å²) in [7, 11) is 0. The third-order valence-electron chi connectivity index (χ3n) is 2.68. The molecule has 1 unspecified atom stereocenters. The molecule has 0 bridgehead atoms. The maximum absolute atomic E-state index is 11.0. The summed E-state index contributed by atoms with van der Waals surface area (Å²) in [6.07, 6.45) is 3.06. The Morgan fingerprint density at radius 1 is 1.64 bits per heavy atom. The van der Waals surface area contributed by atoms with Crippen LogP contribution in [0.5, 0.6) is 0 Å². The van der Waals surface area contributed by atoms with Crippen LogP contribution in [0.2, 0.25) is 0 Å². The van der Waals surface area contributed by atoms with Crippen LogP contribution in [0.15, 0.2) is 3.79 Å². The number of carboxylic acids is 1. The van der Waals surface area contributed by atoms with E-state index in [1.54, 1.807) is 11.3 Å².